The van der Waals surface area contributed by atoms with E-state index in [0.717, 1.165) is 23.2 Å². The number of carbonyl (C=O) groups excluding carboxylic acids is 2. The van der Waals surface area contributed by atoms with Crippen molar-refractivity contribution in [1.82, 2.24) is 0 Å². The van der Waals surface area contributed by atoms with Crippen LogP contribution in [0.15, 0.2) is 36.4 Å². The number of nitrogens with zero attached hydrogens (tertiary/aromatic N) is 1. The summed E-state index contributed by atoms with van der Waals surface area (Å²) in [5.74, 6) is 1.96. The van der Waals surface area contributed by atoms with Gasteiger partial charge in [0.25, 0.3) is 0 Å². The first-order chi connectivity index (χ1) is 15.9. The standard InChI is InChI=1S/C26H32N2O5/c1-17(2)12-13-28-21-9-8-20(16-19(21)7-11-25(28)30)27-24(29)10-6-18-14-22(31-3)26(33-5)23(15-18)32-4/h6,8-10,14-17H,7,11-13H2,1-5H3,(H,27,29)/b10-6+. The Morgan fingerprint density at radius 1 is 1.06 bits per heavy atom. The normalized spacial score (nSPS) is 13.3. The van der Waals surface area contributed by atoms with Gasteiger partial charge < -0.3 is 24.4 Å². The number of ether oxygens (including phenoxy) is 3. The van der Waals surface area contributed by atoms with E-state index in [2.05, 4.69) is 19.2 Å². The Hall–Kier alpha value is -3.48. The molecule has 0 spiro atoms. The van der Waals surface area contributed by atoms with Crippen molar-refractivity contribution in [3.8, 4) is 17.2 Å². The number of amides is 2. The van der Waals surface area contributed by atoms with Gasteiger partial charge in [-0.05, 0) is 66.3 Å². The lowest BCUT2D eigenvalue weighted by molar-refractivity contribution is -0.119. The number of hydrogen-bond acceptors (Lipinski definition) is 5. The van der Waals surface area contributed by atoms with Crippen molar-refractivity contribution in [3.63, 3.8) is 0 Å². The molecule has 2 aromatic rings. The number of hydrogen-bond donors (Lipinski definition) is 1. The van der Waals surface area contributed by atoms with Crippen LogP contribution in [0.4, 0.5) is 11.4 Å². The van der Waals surface area contributed by atoms with Gasteiger partial charge in [0.05, 0.1) is 21.3 Å². The average Bonchev–Trinajstić information content (AvgIpc) is 2.81. The first-order valence-corrected chi connectivity index (χ1v) is 11.1. The molecule has 0 atom stereocenters. The number of benzene rings is 2. The van der Waals surface area contributed by atoms with Crippen LogP contribution < -0.4 is 24.4 Å². The maximum Gasteiger partial charge on any atom is 0.248 e. The van der Waals surface area contributed by atoms with Gasteiger partial charge in [-0.25, -0.2) is 0 Å². The molecule has 0 saturated heterocycles. The Bertz CT molecular complexity index is 1020. The number of carbonyl (C=O) groups is 2. The van der Waals surface area contributed by atoms with E-state index in [-0.39, 0.29) is 11.8 Å². The van der Waals surface area contributed by atoms with E-state index < -0.39 is 0 Å². The summed E-state index contributed by atoms with van der Waals surface area (Å²) >= 11 is 0. The summed E-state index contributed by atoms with van der Waals surface area (Å²) in [5, 5.41) is 2.90. The van der Waals surface area contributed by atoms with Gasteiger partial charge in [-0.2, -0.15) is 0 Å². The zero-order valence-corrected chi connectivity index (χ0v) is 19.9. The molecule has 1 heterocycles. The topological polar surface area (TPSA) is 77.1 Å². The van der Waals surface area contributed by atoms with Gasteiger partial charge in [0.1, 0.15) is 0 Å². The summed E-state index contributed by atoms with van der Waals surface area (Å²) in [7, 11) is 4.64. The largest absolute Gasteiger partial charge is 0.493 e. The highest BCUT2D eigenvalue weighted by Gasteiger charge is 2.24. The number of methoxy groups -OCH3 is 3. The molecule has 1 N–H and O–H groups in total. The van der Waals surface area contributed by atoms with Crippen LogP contribution in [0.5, 0.6) is 17.2 Å². The zero-order valence-electron chi connectivity index (χ0n) is 19.9. The Morgan fingerprint density at radius 2 is 1.76 bits per heavy atom. The number of anilines is 2. The quantitative estimate of drug-likeness (QED) is 0.559. The van der Waals surface area contributed by atoms with Crippen molar-refractivity contribution < 1.29 is 23.8 Å². The first-order valence-electron chi connectivity index (χ1n) is 11.1. The summed E-state index contributed by atoms with van der Waals surface area (Å²) in [4.78, 5) is 26.8. The number of aryl methyl sites for hydroxylation is 1. The van der Waals surface area contributed by atoms with E-state index in [1.54, 1.807) is 39.5 Å². The smallest absolute Gasteiger partial charge is 0.248 e. The van der Waals surface area contributed by atoms with Crippen molar-refractivity contribution in [2.45, 2.75) is 33.1 Å². The van der Waals surface area contributed by atoms with Crippen molar-refractivity contribution in [3.05, 3.63) is 47.5 Å². The van der Waals surface area contributed by atoms with Gasteiger partial charge >= 0.3 is 0 Å². The Labute approximate surface area is 195 Å². The predicted molar refractivity (Wildman–Crippen MR) is 130 cm³/mol. The average molecular weight is 453 g/mol. The highest BCUT2D eigenvalue weighted by molar-refractivity contribution is 6.03. The second-order valence-corrected chi connectivity index (χ2v) is 8.35. The molecular weight excluding hydrogens is 420 g/mol. The maximum absolute atomic E-state index is 12.5. The minimum Gasteiger partial charge on any atom is -0.493 e. The van der Waals surface area contributed by atoms with Crippen molar-refractivity contribution in [2.24, 2.45) is 5.92 Å². The zero-order chi connectivity index (χ0) is 24.0. The van der Waals surface area contributed by atoms with Crippen molar-refractivity contribution in [2.75, 3.05) is 38.1 Å². The molecule has 0 saturated carbocycles. The second kappa shape index (κ2) is 10.9. The fraction of sp³-hybridized carbons (Fsp3) is 0.385. The van der Waals surface area contributed by atoms with Crippen LogP contribution in [0.2, 0.25) is 0 Å². The molecule has 0 bridgehead atoms. The van der Waals surface area contributed by atoms with Gasteiger partial charge in [0.15, 0.2) is 11.5 Å². The van der Waals surface area contributed by atoms with Gasteiger partial charge in [-0.15, -0.1) is 0 Å². The molecule has 0 aromatic heterocycles. The van der Waals surface area contributed by atoms with Gasteiger partial charge in [0, 0.05) is 30.4 Å². The molecule has 7 nitrogen and oxygen atoms in total. The van der Waals surface area contributed by atoms with Crippen LogP contribution in [0.25, 0.3) is 6.08 Å². The Morgan fingerprint density at radius 3 is 2.36 bits per heavy atom. The number of fused-ring (bicyclic) bond motifs is 1. The van der Waals surface area contributed by atoms with E-state index in [1.807, 2.05) is 23.1 Å². The van der Waals surface area contributed by atoms with E-state index >= 15 is 0 Å². The molecule has 0 radical (unpaired) electrons. The van der Waals surface area contributed by atoms with Gasteiger partial charge in [-0.1, -0.05) is 13.8 Å². The third-order valence-electron chi connectivity index (χ3n) is 5.59. The predicted octanol–water partition coefficient (Wildman–Crippen LogP) is 4.69. The van der Waals surface area contributed by atoms with Crippen molar-refractivity contribution in [1.29, 1.82) is 0 Å². The third kappa shape index (κ3) is 5.86. The summed E-state index contributed by atoms with van der Waals surface area (Å²) in [5.41, 5.74) is 3.46. The molecular formula is C26H32N2O5. The third-order valence-corrected chi connectivity index (χ3v) is 5.59. The number of rotatable bonds is 9. The molecule has 33 heavy (non-hydrogen) atoms. The molecule has 0 fully saturated rings. The van der Waals surface area contributed by atoms with Gasteiger partial charge in [0.2, 0.25) is 17.6 Å². The minimum atomic E-state index is -0.257. The first kappa shape index (κ1) is 24.2. The molecule has 0 unspecified atom stereocenters. The van der Waals surface area contributed by atoms with Crippen LogP contribution >= 0.6 is 0 Å². The Balaban J connectivity index is 1.72. The highest BCUT2D eigenvalue weighted by atomic mass is 16.5. The Kier molecular flexibility index (Phi) is 7.98. The van der Waals surface area contributed by atoms with E-state index in [1.165, 1.54) is 6.08 Å². The van der Waals surface area contributed by atoms with Crippen LogP contribution in [-0.2, 0) is 16.0 Å². The lowest BCUT2D eigenvalue weighted by atomic mass is 9.99. The molecule has 0 aliphatic carbocycles. The summed E-state index contributed by atoms with van der Waals surface area (Å²) in [6.07, 6.45) is 5.26. The fourth-order valence-corrected chi connectivity index (χ4v) is 3.82. The van der Waals surface area contributed by atoms with Gasteiger partial charge in [-0.3, -0.25) is 9.59 Å². The fourth-order valence-electron chi connectivity index (χ4n) is 3.82. The monoisotopic (exact) mass is 452 g/mol. The maximum atomic E-state index is 12.5. The van der Waals surface area contributed by atoms with Crippen LogP contribution in [-0.4, -0.2) is 39.7 Å². The molecule has 1 aliphatic heterocycles. The van der Waals surface area contributed by atoms with E-state index in [9.17, 15) is 9.59 Å². The van der Waals surface area contributed by atoms with Crippen molar-refractivity contribution >= 4 is 29.3 Å². The SMILES string of the molecule is COc1cc(/C=C/C(=O)Nc2ccc3c(c2)CCC(=O)N3CCC(C)C)cc(OC)c1OC. The second-order valence-electron chi connectivity index (χ2n) is 8.35. The van der Waals surface area contributed by atoms with E-state index in [4.69, 9.17) is 14.2 Å². The van der Waals surface area contributed by atoms with E-state index in [0.29, 0.717) is 48.2 Å². The molecule has 1 aliphatic rings. The summed E-state index contributed by atoms with van der Waals surface area (Å²) in [6, 6.07) is 9.26. The lowest BCUT2D eigenvalue weighted by Gasteiger charge is -2.30. The van der Waals surface area contributed by atoms with Crippen LogP contribution in [0.1, 0.15) is 37.8 Å². The summed E-state index contributed by atoms with van der Waals surface area (Å²) < 4.78 is 16.0. The van der Waals surface area contributed by atoms with Crippen LogP contribution in [0.3, 0.4) is 0 Å². The molecule has 2 aromatic carbocycles. The lowest BCUT2D eigenvalue weighted by Crippen LogP contribution is -2.36. The molecule has 2 amide bonds. The summed E-state index contributed by atoms with van der Waals surface area (Å²) in [6.45, 7) is 5.02. The molecule has 7 heteroatoms. The molecule has 3 rings (SSSR count). The molecule has 176 valence electrons. The number of nitrogens with one attached hydrogen (secondary N) is 1. The minimum absolute atomic E-state index is 0.160. The van der Waals surface area contributed by atoms with Crippen LogP contribution in [0, 0.1) is 5.92 Å². The highest BCUT2D eigenvalue weighted by Crippen LogP contribution is 2.38.